The molecule has 2 aromatic carbocycles. The molecule has 34 heavy (non-hydrogen) atoms. The number of halogens is 1. The lowest BCUT2D eigenvalue weighted by molar-refractivity contribution is 0.427. The van der Waals surface area contributed by atoms with Gasteiger partial charge in [0.05, 0.1) is 10.9 Å². The summed E-state index contributed by atoms with van der Waals surface area (Å²) in [5.41, 5.74) is 2.65. The second-order valence-corrected chi connectivity index (χ2v) is 10.6. The molecule has 1 aliphatic rings. The molecular formula is C26H22BBrN2O2S2. The first-order valence-electron chi connectivity index (χ1n) is 10.7. The number of nitrogens with zero attached hydrogens (tertiary/aromatic N) is 2. The molecule has 4 nitrogen and oxygen atoms in total. The van der Waals surface area contributed by atoms with E-state index in [9.17, 15) is 0 Å². The van der Waals surface area contributed by atoms with Crippen molar-refractivity contribution in [3.8, 4) is 0 Å². The Morgan fingerprint density at radius 2 is 1.53 bits per heavy atom. The quantitative estimate of drug-likeness (QED) is 0.212. The largest absolute Gasteiger partial charge is 0.499 e. The van der Waals surface area contributed by atoms with Crippen LogP contribution in [0.15, 0.2) is 113 Å². The highest BCUT2D eigenvalue weighted by atomic mass is 79.9. The molecule has 0 saturated carbocycles. The third-order valence-corrected chi connectivity index (χ3v) is 7.96. The lowest BCUT2D eigenvalue weighted by Crippen LogP contribution is -2.26. The fraction of sp³-hybridized carbons (Fsp3) is 0.0769. The standard InChI is InChI=1S/C13H11NS.C8H7BO2S.C5H4BrN/c1-2-7-12-10(5-1)9-13(15-12)11-6-3-4-8-14-11;10-9(11)8-5-6-3-1-2-4-7(6)12-8;6-5-3-1-2-4-7-5/h1-8,13H,9H2;1-5,10-11H;1-4H. The number of fused-ring (bicyclic) bond motifs is 2. The highest BCUT2D eigenvalue weighted by Crippen LogP contribution is 2.45. The number of thioether (sulfide) groups is 1. The molecule has 1 atom stereocenters. The van der Waals surface area contributed by atoms with Crippen LogP contribution in [0.4, 0.5) is 0 Å². The third-order valence-electron chi connectivity index (χ3n) is 4.99. The molecule has 0 fully saturated rings. The van der Waals surface area contributed by atoms with E-state index < -0.39 is 7.12 Å². The molecule has 0 amide bonds. The van der Waals surface area contributed by atoms with E-state index in [-0.39, 0.29) is 0 Å². The van der Waals surface area contributed by atoms with Gasteiger partial charge < -0.3 is 10.0 Å². The topological polar surface area (TPSA) is 66.2 Å². The predicted octanol–water partition coefficient (Wildman–Crippen LogP) is 5.90. The van der Waals surface area contributed by atoms with Crippen LogP contribution in [0, 0.1) is 0 Å². The number of benzene rings is 2. The van der Waals surface area contributed by atoms with Crippen molar-refractivity contribution in [3.63, 3.8) is 0 Å². The Balaban J connectivity index is 0.000000129. The Kier molecular flexibility index (Phi) is 8.90. The molecule has 4 heterocycles. The van der Waals surface area contributed by atoms with Gasteiger partial charge in [-0.15, -0.1) is 23.1 Å². The van der Waals surface area contributed by atoms with Gasteiger partial charge in [-0.05, 0) is 75.8 Å². The number of hydrogen-bond donors (Lipinski definition) is 2. The Morgan fingerprint density at radius 3 is 2.15 bits per heavy atom. The van der Waals surface area contributed by atoms with Gasteiger partial charge in [0, 0.05) is 26.8 Å². The maximum Gasteiger partial charge on any atom is 0.499 e. The van der Waals surface area contributed by atoms with Gasteiger partial charge in [-0.3, -0.25) is 4.98 Å². The summed E-state index contributed by atoms with van der Waals surface area (Å²) in [6, 6.07) is 30.1. The number of rotatable bonds is 2. The molecule has 0 bridgehead atoms. The van der Waals surface area contributed by atoms with Crippen LogP contribution in [0.25, 0.3) is 10.1 Å². The van der Waals surface area contributed by atoms with Gasteiger partial charge in [0.25, 0.3) is 0 Å². The molecule has 5 aromatic rings. The average molecular weight is 549 g/mol. The lowest BCUT2D eigenvalue weighted by Gasteiger charge is -2.06. The fourth-order valence-electron chi connectivity index (χ4n) is 3.39. The molecule has 0 aliphatic carbocycles. The highest BCUT2D eigenvalue weighted by molar-refractivity contribution is 9.10. The zero-order valence-electron chi connectivity index (χ0n) is 18.2. The lowest BCUT2D eigenvalue weighted by atomic mass is 9.89. The first-order valence-corrected chi connectivity index (χ1v) is 13.2. The summed E-state index contributed by atoms with van der Waals surface area (Å²) >= 11 is 6.53. The third kappa shape index (κ3) is 6.78. The van der Waals surface area contributed by atoms with E-state index in [4.69, 9.17) is 10.0 Å². The van der Waals surface area contributed by atoms with E-state index in [2.05, 4.69) is 62.3 Å². The predicted molar refractivity (Wildman–Crippen MR) is 147 cm³/mol. The summed E-state index contributed by atoms with van der Waals surface area (Å²) in [5, 5.41) is 19.3. The molecule has 0 spiro atoms. The first-order chi connectivity index (χ1) is 16.6. The maximum absolute atomic E-state index is 8.89. The summed E-state index contributed by atoms with van der Waals surface area (Å²) in [6.45, 7) is 0. The molecule has 1 unspecified atom stereocenters. The van der Waals surface area contributed by atoms with Crippen LogP contribution in [0.5, 0.6) is 0 Å². The van der Waals surface area contributed by atoms with E-state index in [1.165, 1.54) is 27.5 Å². The van der Waals surface area contributed by atoms with Crippen molar-refractivity contribution in [1.82, 2.24) is 9.97 Å². The van der Waals surface area contributed by atoms with Gasteiger partial charge in [-0.2, -0.15) is 0 Å². The van der Waals surface area contributed by atoms with E-state index in [0.29, 0.717) is 10.0 Å². The van der Waals surface area contributed by atoms with Gasteiger partial charge >= 0.3 is 7.12 Å². The molecule has 170 valence electrons. The van der Waals surface area contributed by atoms with Crippen LogP contribution in [-0.4, -0.2) is 27.1 Å². The van der Waals surface area contributed by atoms with Crippen LogP contribution in [-0.2, 0) is 6.42 Å². The van der Waals surface area contributed by atoms with E-state index in [1.807, 2.05) is 66.5 Å². The van der Waals surface area contributed by atoms with Gasteiger partial charge in [0.15, 0.2) is 0 Å². The van der Waals surface area contributed by atoms with E-state index in [1.54, 1.807) is 12.3 Å². The average Bonchev–Trinajstić information content (AvgIpc) is 3.51. The SMILES string of the molecule is Brc1ccccn1.OB(O)c1cc2ccccc2s1.c1ccc(C2Cc3ccccc3S2)nc1. The Hall–Kier alpha value is -2.49. The molecule has 1 aliphatic heterocycles. The zero-order valence-corrected chi connectivity index (χ0v) is 21.4. The van der Waals surface area contributed by atoms with Crippen molar-refractivity contribution in [2.45, 2.75) is 16.6 Å². The van der Waals surface area contributed by atoms with Crippen molar-refractivity contribution in [1.29, 1.82) is 0 Å². The zero-order chi connectivity index (χ0) is 23.8. The minimum Gasteiger partial charge on any atom is -0.423 e. The second-order valence-electron chi connectivity index (χ2n) is 7.39. The van der Waals surface area contributed by atoms with Crippen LogP contribution < -0.4 is 4.78 Å². The van der Waals surface area contributed by atoms with Gasteiger partial charge in [0.2, 0.25) is 0 Å². The Bertz CT molecular complexity index is 1260. The van der Waals surface area contributed by atoms with Crippen LogP contribution in [0.3, 0.4) is 0 Å². The van der Waals surface area contributed by atoms with E-state index >= 15 is 0 Å². The van der Waals surface area contributed by atoms with Crippen LogP contribution in [0.2, 0.25) is 0 Å². The first kappa shape index (κ1) is 24.6. The normalized spacial score (nSPS) is 13.8. The van der Waals surface area contributed by atoms with Crippen molar-refractivity contribution in [2.75, 3.05) is 0 Å². The summed E-state index contributed by atoms with van der Waals surface area (Å²) < 4.78 is 2.56. The van der Waals surface area contributed by atoms with Gasteiger partial charge in [-0.25, -0.2) is 4.98 Å². The van der Waals surface area contributed by atoms with Crippen molar-refractivity contribution in [3.05, 3.63) is 119 Å². The monoisotopic (exact) mass is 548 g/mol. The van der Waals surface area contributed by atoms with Crippen molar-refractivity contribution < 1.29 is 10.0 Å². The number of thiophene rings is 1. The van der Waals surface area contributed by atoms with Gasteiger partial charge in [-0.1, -0.05) is 48.5 Å². The molecule has 8 heteroatoms. The highest BCUT2D eigenvalue weighted by Gasteiger charge is 2.23. The smallest absolute Gasteiger partial charge is 0.423 e. The molecule has 6 rings (SSSR count). The molecule has 2 N–H and O–H groups in total. The summed E-state index contributed by atoms with van der Waals surface area (Å²) in [5.74, 6) is 0. The summed E-state index contributed by atoms with van der Waals surface area (Å²) in [4.78, 5) is 9.73. The Labute approximate surface area is 216 Å². The second kappa shape index (κ2) is 12.3. The van der Waals surface area contributed by atoms with Crippen LogP contribution >= 0.6 is 39.0 Å². The van der Waals surface area contributed by atoms with Gasteiger partial charge in [0.1, 0.15) is 4.60 Å². The Morgan fingerprint density at radius 1 is 0.824 bits per heavy atom. The summed E-state index contributed by atoms with van der Waals surface area (Å²) in [7, 11) is -1.35. The number of aromatic nitrogens is 2. The molecular weight excluding hydrogens is 527 g/mol. The van der Waals surface area contributed by atoms with Crippen molar-refractivity contribution in [2.24, 2.45) is 0 Å². The van der Waals surface area contributed by atoms with Crippen LogP contribution in [0.1, 0.15) is 16.5 Å². The fourth-order valence-corrected chi connectivity index (χ4v) is 5.88. The van der Waals surface area contributed by atoms with Crippen molar-refractivity contribution >= 4 is 61.0 Å². The molecule has 0 radical (unpaired) electrons. The maximum atomic E-state index is 8.89. The molecule has 3 aromatic heterocycles. The minimum absolute atomic E-state index is 0.503. The number of pyridine rings is 2. The summed E-state index contributed by atoms with van der Waals surface area (Å²) in [6.07, 6.45) is 4.72. The minimum atomic E-state index is -1.35. The van der Waals surface area contributed by atoms with E-state index in [0.717, 1.165) is 21.1 Å². The number of hydrogen-bond acceptors (Lipinski definition) is 6. The molecule has 0 saturated heterocycles.